The van der Waals surface area contributed by atoms with Gasteiger partial charge in [-0.25, -0.2) is 8.42 Å². The SMILES string of the molecule is C[C@@H]1Cc2ccccc2N1C(=O)CNc1ccc(S(=O)(=O)N2CCOCC2)cc1. The molecule has 8 heteroatoms. The van der Waals surface area contributed by atoms with Gasteiger partial charge in [0.1, 0.15) is 0 Å². The zero-order chi connectivity index (χ0) is 20.4. The second-order valence-electron chi connectivity index (χ2n) is 7.34. The van der Waals surface area contributed by atoms with Gasteiger partial charge in [0.2, 0.25) is 15.9 Å². The Morgan fingerprint density at radius 1 is 1.10 bits per heavy atom. The zero-order valence-corrected chi connectivity index (χ0v) is 17.2. The fraction of sp³-hybridized carbons (Fsp3) is 0.381. The van der Waals surface area contributed by atoms with Crippen LogP contribution in [0.5, 0.6) is 0 Å². The maximum Gasteiger partial charge on any atom is 0.246 e. The van der Waals surface area contributed by atoms with E-state index in [-0.39, 0.29) is 23.4 Å². The van der Waals surface area contributed by atoms with Crippen LogP contribution in [0.1, 0.15) is 12.5 Å². The number of rotatable bonds is 5. The molecule has 29 heavy (non-hydrogen) atoms. The third-order valence-electron chi connectivity index (χ3n) is 5.38. The second-order valence-corrected chi connectivity index (χ2v) is 9.28. The number of benzene rings is 2. The summed E-state index contributed by atoms with van der Waals surface area (Å²) in [7, 11) is -3.51. The predicted octanol–water partition coefficient (Wildman–Crippen LogP) is 2.10. The van der Waals surface area contributed by atoms with E-state index in [1.54, 1.807) is 24.3 Å². The van der Waals surface area contributed by atoms with E-state index in [2.05, 4.69) is 11.4 Å². The number of hydrogen-bond acceptors (Lipinski definition) is 5. The molecule has 2 aromatic rings. The Balaban J connectivity index is 1.40. The minimum atomic E-state index is -3.51. The van der Waals surface area contributed by atoms with Crippen LogP contribution >= 0.6 is 0 Å². The Hall–Kier alpha value is -2.42. The average Bonchev–Trinajstić information content (AvgIpc) is 3.08. The van der Waals surface area contributed by atoms with Gasteiger partial charge in [0.25, 0.3) is 0 Å². The predicted molar refractivity (Wildman–Crippen MR) is 112 cm³/mol. The molecule has 0 aromatic heterocycles. The minimum absolute atomic E-state index is 0.00698. The number of anilines is 2. The van der Waals surface area contributed by atoms with E-state index in [4.69, 9.17) is 4.74 Å². The molecule has 1 saturated heterocycles. The molecule has 0 saturated carbocycles. The van der Waals surface area contributed by atoms with Crippen LogP contribution in [0.15, 0.2) is 53.4 Å². The van der Waals surface area contributed by atoms with E-state index in [0.29, 0.717) is 32.0 Å². The molecule has 1 fully saturated rings. The number of amides is 1. The molecule has 2 aromatic carbocycles. The van der Waals surface area contributed by atoms with Crippen molar-refractivity contribution in [2.75, 3.05) is 43.1 Å². The van der Waals surface area contributed by atoms with Crippen molar-refractivity contribution in [3.8, 4) is 0 Å². The first-order valence-electron chi connectivity index (χ1n) is 9.78. The summed E-state index contributed by atoms with van der Waals surface area (Å²) in [4.78, 5) is 14.9. The molecule has 1 N–H and O–H groups in total. The molecule has 2 heterocycles. The van der Waals surface area contributed by atoms with Gasteiger partial charge in [-0.3, -0.25) is 4.79 Å². The van der Waals surface area contributed by atoms with Gasteiger partial charge in [-0.15, -0.1) is 0 Å². The third kappa shape index (κ3) is 4.01. The molecule has 154 valence electrons. The molecule has 4 rings (SSSR count). The maximum atomic E-state index is 12.8. The highest BCUT2D eigenvalue weighted by molar-refractivity contribution is 7.89. The standard InChI is InChI=1S/C21H25N3O4S/c1-16-14-17-4-2-3-5-20(17)24(16)21(25)15-22-18-6-8-19(9-7-18)29(26,27)23-10-12-28-13-11-23/h2-9,16,22H,10-15H2,1H3/t16-/m1/s1. The van der Waals surface area contributed by atoms with Crippen molar-refractivity contribution in [1.29, 1.82) is 0 Å². The number of fused-ring (bicyclic) bond motifs is 1. The molecule has 2 aliphatic heterocycles. The van der Waals surface area contributed by atoms with Crippen LogP contribution in [0.4, 0.5) is 11.4 Å². The smallest absolute Gasteiger partial charge is 0.246 e. The van der Waals surface area contributed by atoms with Crippen molar-refractivity contribution in [2.24, 2.45) is 0 Å². The van der Waals surface area contributed by atoms with Crippen LogP contribution in [0.2, 0.25) is 0 Å². The van der Waals surface area contributed by atoms with Gasteiger partial charge in [-0.05, 0) is 49.2 Å². The molecule has 2 aliphatic rings. The molecule has 0 bridgehead atoms. The van der Waals surface area contributed by atoms with Crippen LogP contribution in [-0.2, 0) is 26.0 Å². The van der Waals surface area contributed by atoms with E-state index < -0.39 is 10.0 Å². The number of carbonyl (C=O) groups is 1. The number of carbonyl (C=O) groups excluding carboxylic acids is 1. The van der Waals surface area contributed by atoms with Gasteiger partial charge in [0.05, 0.1) is 24.7 Å². The van der Waals surface area contributed by atoms with Crippen molar-refractivity contribution in [3.05, 3.63) is 54.1 Å². The summed E-state index contributed by atoms with van der Waals surface area (Å²) >= 11 is 0. The lowest BCUT2D eigenvalue weighted by molar-refractivity contribution is -0.117. The zero-order valence-electron chi connectivity index (χ0n) is 16.4. The van der Waals surface area contributed by atoms with E-state index in [9.17, 15) is 13.2 Å². The van der Waals surface area contributed by atoms with E-state index in [1.165, 1.54) is 9.87 Å². The number of hydrogen-bond donors (Lipinski definition) is 1. The molecule has 1 atom stereocenters. The van der Waals surface area contributed by atoms with Crippen molar-refractivity contribution in [1.82, 2.24) is 4.31 Å². The van der Waals surface area contributed by atoms with Crippen LogP contribution < -0.4 is 10.2 Å². The first-order valence-corrected chi connectivity index (χ1v) is 11.2. The lowest BCUT2D eigenvalue weighted by atomic mass is 10.1. The number of nitrogens with zero attached hydrogens (tertiary/aromatic N) is 2. The average molecular weight is 416 g/mol. The Morgan fingerprint density at radius 2 is 1.79 bits per heavy atom. The fourth-order valence-electron chi connectivity index (χ4n) is 3.89. The summed E-state index contributed by atoms with van der Waals surface area (Å²) < 4.78 is 32.0. The first-order chi connectivity index (χ1) is 14.0. The molecule has 7 nitrogen and oxygen atoms in total. The van der Waals surface area contributed by atoms with Crippen LogP contribution in [0.3, 0.4) is 0 Å². The lowest BCUT2D eigenvalue weighted by Gasteiger charge is -2.26. The summed E-state index contributed by atoms with van der Waals surface area (Å²) in [5, 5.41) is 3.11. The first kappa shape index (κ1) is 19.9. The molecule has 0 radical (unpaired) electrons. The number of para-hydroxylation sites is 1. The lowest BCUT2D eigenvalue weighted by Crippen LogP contribution is -2.40. The van der Waals surface area contributed by atoms with Crippen molar-refractivity contribution in [2.45, 2.75) is 24.3 Å². The molecular formula is C21H25N3O4S. The van der Waals surface area contributed by atoms with Crippen molar-refractivity contribution in [3.63, 3.8) is 0 Å². The maximum absolute atomic E-state index is 12.8. The molecular weight excluding hydrogens is 390 g/mol. The summed E-state index contributed by atoms with van der Waals surface area (Å²) in [5.74, 6) is -0.00698. The normalized spacial score (nSPS) is 19.8. The number of ether oxygens (including phenoxy) is 1. The summed E-state index contributed by atoms with van der Waals surface area (Å²) in [6.45, 7) is 3.76. The number of sulfonamides is 1. The van der Waals surface area contributed by atoms with Gasteiger partial charge in [0.15, 0.2) is 0 Å². The van der Waals surface area contributed by atoms with Gasteiger partial charge in [-0.2, -0.15) is 4.31 Å². The highest BCUT2D eigenvalue weighted by Crippen LogP contribution is 2.31. The topological polar surface area (TPSA) is 79.0 Å². The molecule has 0 aliphatic carbocycles. The largest absolute Gasteiger partial charge is 0.379 e. The highest BCUT2D eigenvalue weighted by Gasteiger charge is 2.30. The fourth-order valence-corrected chi connectivity index (χ4v) is 5.30. The highest BCUT2D eigenvalue weighted by atomic mass is 32.2. The Morgan fingerprint density at radius 3 is 2.52 bits per heavy atom. The number of nitrogens with one attached hydrogen (secondary N) is 1. The van der Waals surface area contributed by atoms with Crippen LogP contribution in [0, 0.1) is 0 Å². The van der Waals surface area contributed by atoms with E-state index in [0.717, 1.165) is 12.1 Å². The van der Waals surface area contributed by atoms with Gasteiger partial charge in [-0.1, -0.05) is 18.2 Å². The molecule has 0 unspecified atom stereocenters. The van der Waals surface area contributed by atoms with E-state index >= 15 is 0 Å². The number of morpholine rings is 1. The van der Waals surface area contributed by atoms with Gasteiger partial charge < -0.3 is 15.0 Å². The van der Waals surface area contributed by atoms with Gasteiger partial charge >= 0.3 is 0 Å². The second kappa shape index (κ2) is 8.14. The summed E-state index contributed by atoms with van der Waals surface area (Å²) in [5.41, 5.74) is 2.86. The quantitative estimate of drug-likeness (QED) is 0.809. The Bertz CT molecular complexity index is 985. The summed E-state index contributed by atoms with van der Waals surface area (Å²) in [6, 6.07) is 14.6. The minimum Gasteiger partial charge on any atom is -0.379 e. The Labute approximate surface area is 171 Å². The monoisotopic (exact) mass is 415 g/mol. The van der Waals surface area contributed by atoms with Crippen LogP contribution in [0.25, 0.3) is 0 Å². The van der Waals surface area contributed by atoms with Crippen molar-refractivity contribution < 1.29 is 17.9 Å². The van der Waals surface area contributed by atoms with Crippen molar-refractivity contribution >= 4 is 27.3 Å². The third-order valence-corrected chi connectivity index (χ3v) is 7.29. The van der Waals surface area contributed by atoms with Crippen LogP contribution in [-0.4, -0.2) is 57.5 Å². The molecule has 0 spiro atoms. The van der Waals surface area contributed by atoms with Gasteiger partial charge in [0, 0.05) is 30.5 Å². The van der Waals surface area contributed by atoms with E-state index in [1.807, 2.05) is 30.0 Å². The molecule has 1 amide bonds. The summed E-state index contributed by atoms with van der Waals surface area (Å²) in [6.07, 6.45) is 0.857. The Kier molecular flexibility index (Phi) is 5.58.